The van der Waals surface area contributed by atoms with Crippen LogP contribution < -0.4 is 0 Å². The first-order valence-corrected chi connectivity index (χ1v) is 5.80. The van der Waals surface area contributed by atoms with Crippen molar-refractivity contribution < 1.29 is 14.6 Å². The average molecular weight is 246 g/mol. The van der Waals surface area contributed by atoms with Gasteiger partial charge in [0.1, 0.15) is 5.82 Å². The summed E-state index contributed by atoms with van der Waals surface area (Å²) in [7, 11) is 0. The lowest BCUT2D eigenvalue weighted by Crippen LogP contribution is -2.14. The number of hydrogen-bond acceptors (Lipinski definition) is 2. The maximum atomic E-state index is 13.1. The molecule has 0 fully saturated rings. The lowest BCUT2D eigenvalue weighted by atomic mass is 9.97. The molecule has 0 heterocycles. The van der Waals surface area contributed by atoms with Crippen LogP contribution >= 0.6 is 0 Å². The summed E-state index contributed by atoms with van der Waals surface area (Å²) in [6.07, 6.45) is -1.37. The highest BCUT2D eigenvalue weighted by Gasteiger charge is 2.12. The first-order chi connectivity index (χ1) is 8.58. The summed E-state index contributed by atoms with van der Waals surface area (Å²) in [5.74, 6) is -0.609. The molecule has 1 unspecified atom stereocenters. The molecule has 18 heavy (non-hydrogen) atoms. The van der Waals surface area contributed by atoms with Crippen LogP contribution in [0.5, 0.6) is 0 Å². The van der Waals surface area contributed by atoms with Gasteiger partial charge in [-0.1, -0.05) is 43.3 Å². The average Bonchev–Trinajstić information content (AvgIpc) is 2.38. The summed E-state index contributed by atoms with van der Waals surface area (Å²) < 4.78 is 13.1. The van der Waals surface area contributed by atoms with E-state index in [1.165, 1.54) is 12.1 Å². The molecule has 0 saturated heterocycles. The molecule has 94 valence electrons. The first kappa shape index (κ1) is 12.7. The second kappa shape index (κ2) is 5.29. The van der Waals surface area contributed by atoms with Crippen LogP contribution in [0.4, 0.5) is 4.39 Å². The molecular weight excluding hydrogens is 231 g/mol. The van der Waals surface area contributed by atoms with Gasteiger partial charge < -0.3 is 10.2 Å². The van der Waals surface area contributed by atoms with Crippen LogP contribution in [0.15, 0.2) is 48.5 Å². The van der Waals surface area contributed by atoms with Crippen molar-refractivity contribution in [2.75, 3.05) is 0 Å². The van der Waals surface area contributed by atoms with E-state index < -0.39 is 6.29 Å². The fourth-order valence-electron chi connectivity index (χ4n) is 1.82. The molecule has 0 amide bonds. The molecule has 0 aliphatic carbocycles. The highest BCUT2D eigenvalue weighted by Crippen LogP contribution is 2.24. The van der Waals surface area contributed by atoms with Gasteiger partial charge in [-0.15, -0.1) is 0 Å². The minimum atomic E-state index is -1.37. The summed E-state index contributed by atoms with van der Waals surface area (Å²) in [6.45, 7) is 1.74. The van der Waals surface area contributed by atoms with Gasteiger partial charge in [-0.05, 0) is 28.8 Å². The third-order valence-electron chi connectivity index (χ3n) is 3.04. The standard InChI is InChI=1S/C15H15FO2/c1-10(15(17)18)11-5-7-12(8-6-11)13-3-2-4-14(16)9-13/h2-10,15,17-18H,1H3. The van der Waals surface area contributed by atoms with E-state index in [1.54, 1.807) is 13.0 Å². The van der Waals surface area contributed by atoms with Crippen LogP contribution in [0, 0.1) is 5.82 Å². The van der Waals surface area contributed by atoms with Crippen molar-refractivity contribution in [3.05, 3.63) is 59.9 Å². The second-order valence-electron chi connectivity index (χ2n) is 4.33. The van der Waals surface area contributed by atoms with Gasteiger partial charge in [0.05, 0.1) is 0 Å². The molecule has 2 N–H and O–H groups in total. The molecule has 0 bridgehead atoms. The summed E-state index contributed by atoms with van der Waals surface area (Å²) in [6, 6.07) is 13.7. The van der Waals surface area contributed by atoms with E-state index in [0.29, 0.717) is 0 Å². The zero-order valence-electron chi connectivity index (χ0n) is 10.0. The quantitative estimate of drug-likeness (QED) is 0.817. The molecule has 2 aromatic carbocycles. The Morgan fingerprint density at radius 1 is 0.944 bits per heavy atom. The summed E-state index contributed by atoms with van der Waals surface area (Å²) in [5.41, 5.74) is 2.54. The van der Waals surface area contributed by atoms with Crippen LogP contribution in [-0.4, -0.2) is 16.5 Å². The fourth-order valence-corrected chi connectivity index (χ4v) is 1.82. The molecule has 2 aromatic rings. The zero-order chi connectivity index (χ0) is 13.1. The molecular formula is C15H15FO2. The maximum Gasteiger partial charge on any atom is 0.158 e. The van der Waals surface area contributed by atoms with Crippen LogP contribution in [-0.2, 0) is 0 Å². The van der Waals surface area contributed by atoms with Crippen molar-refractivity contribution in [3.63, 3.8) is 0 Å². The van der Waals surface area contributed by atoms with Gasteiger partial charge in [0.15, 0.2) is 6.29 Å². The zero-order valence-corrected chi connectivity index (χ0v) is 10.0. The summed E-state index contributed by atoms with van der Waals surface area (Å²) in [5, 5.41) is 18.2. The molecule has 0 aliphatic heterocycles. The van der Waals surface area contributed by atoms with Gasteiger partial charge in [0, 0.05) is 5.92 Å². The molecule has 2 rings (SSSR count). The predicted molar refractivity (Wildman–Crippen MR) is 68.5 cm³/mol. The minimum absolute atomic E-state index is 0.268. The molecule has 0 spiro atoms. The van der Waals surface area contributed by atoms with Crippen LogP contribution in [0.1, 0.15) is 18.4 Å². The first-order valence-electron chi connectivity index (χ1n) is 5.80. The third-order valence-corrected chi connectivity index (χ3v) is 3.04. The monoisotopic (exact) mass is 246 g/mol. The summed E-state index contributed by atoms with van der Waals surface area (Å²) >= 11 is 0. The highest BCUT2D eigenvalue weighted by molar-refractivity contribution is 5.63. The lowest BCUT2D eigenvalue weighted by molar-refractivity contribution is -0.0561. The van der Waals surface area contributed by atoms with E-state index in [2.05, 4.69) is 0 Å². The van der Waals surface area contributed by atoms with Gasteiger partial charge in [-0.3, -0.25) is 0 Å². The van der Waals surface area contributed by atoms with Crippen molar-refractivity contribution >= 4 is 0 Å². The largest absolute Gasteiger partial charge is 0.368 e. The Hall–Kier alpha value is -1.71. The molecule has 2 nitrogen and oxygen atoms in total. The van der Waals surface area contributed by atoms with E-state index in [9.17, 15) is 4.39 Å². The van der Waals surface area contributed by atoms with Crippen LogP contribution in [0.3, 0.4) is 0 Å². The number of rotatable bonds is 3. The number of aliphatic hydroxyl groups is 2. The maximum absolute atomic E-state index is 13.1. The van der Waals surface area contributed by atoms with Crippen molar-refractivity contribution in [3.8, 4) is 11.1 Å². The van der Waals surface area contributed by atoms with E-state index in [4.69, 9.17) is 10.2 Å². The van der Waals surface area contributed by atoms with Crippen LogP contribution in [0.2, 0.25) is 0 Å². The minimum Gasteiger partial charge on any atom is -0.368 e. The lowest BCUT2D eigenvalue weighted by Gasteiger charge is -2.14. The van der Waals surface area contributed by atoms with Crippen molar-refractivity contribution in [1.29, 1.82) is 0 Å². The smallest absolute Gasteiger partial charge is 0.158 e. The molecule has 1 atom stereocenters. The van der Waals surface area contributed by atoms with Crippen molar-refractivity contribution in [2.24, 2.45) is 0 Å². The normalized spacial score (nSPS) is 12.7. The Morgan fingerprint density at radius 3 is 2.17 bits per heavy atom. The molecule has 0 aromatic heterocycles. The highest BCUT2D eigenvalue weighted by atomic mass is 19.1. The van der Waals surface area contributed by atoms with Gasteiger partial charge in [-0.25, -0.2) is 4.39 Å². The van der Waals surface area contributed by atoms with Gasteiger partial charge in [0.25, 0.3) is 0 Å². The molecule has 3 heteroatoms. The number of halogens is 1. The Labute approximate surface area is 105 Å². The van der Waals surface area contributed by atoms with E-state index >= 15 is 0 Å². The number of aliphatic hydroxyl groups excluding tert-OH is 1. The predicted octanol–water partition coefficient (Wildman–Crippen LogP) is 2.91. The van der Waals surface area contributed by atoms with E-state index in [-0.39, 0.29) is 11.7 Å². The van der Waals surface area contributed by atoms with Crippen molar-refractivity contribution in [1.82, 2.24) is 0 Å². The van der Waals surface area contributed by atoms with Crippen molar-refractivity contribution in [2.45, 2.75) is 19.1 Å². The molecule has 0 aliphatic rings. The summed E-state index contributed by atoms with van der Waals surface area (Å²) in [4.78, 5) is 0. The Morgan fingerprint density at radius 2 is 1.61 bits per heavy atom. The SMILES string of the molecule is CC(c1ccc(-c2cccc(F)c2)cc1)C(O)O. The third kappa shape index (κ3) is 2.75. The topological polar surface area (TPSA) is 40.5 Å². The Kier molecular flexibility index (Phi) is 3.75. The Bertz CT molecular complexity index is 520. The van der Waals surface area contributed by atoms with Gasteiger partial charge in [0.2, 0.25) is 0 Å². The van der Waals surface area contributed by atoms with Gasteiger partial charge >= 0.3 is 0 Å². The number of hydrogen-bond donors (Lipinski definition) is 2. The molecule has 0 radical (unpaired) electrons. The Balaban J connectivity index is 2.28. The number of benzene rings is 2. The van der Waals surface area contributed by atoms with E-state index in [0.717, 1.165) is 16.7 Å². The van der Waals surface area contributed by atoms with Gasteiger partial charge in [-0.2, -0.15) is 0 Å². The fraction of sp³-hybridized carbons (Fsp3) is 0.200. The second-order valence-corrected chi connectivity index (χ2v) is 4.33. The van der Waals surface area contributed by atoms with Crippen LogP contribution in [0.25, 0.3) is 11.1 Å². The molecule has 0 saturated carbocycles. The van der Waals surface area contributed by atoms with E-state index in [1.807, 2.05) is 30.3 Å².